The largest absolute Gasteiger partial charge is 0.449 e. The smallest absolute Gasteiger partial charge is 0.339 e. The van der Waals surface area contributed by atoms with Crippen LogP contribution < -0.4 is 10.9 Å². The highest BCUT2D eigenvalue weighted by molar-refractivity contribution is 14.1. The number of aromatic nitrogens is 2. The number of hydrogen-bond donors (Lipinski definition) is 1. The zero-order valence-electron chi connectivity index (χ0n) is 16.2. The van der Waals surface area contributed by atoms with Gasteiger partial charge in [0, 0.05) is 10.6 Å². The second-order valence-corrected chi connectivity index (χ2v) is 7.62. The van der Waals surface area contributed by atoms with Crippen molar-refractivity contribution in [3.8, 4) is 5.69 Å². The van der Waals surface area contributed by atoms with Crippen molar-refractivity contribution in [2.45, 2.75) is 20.0 Å². The molecule has 0 bridgehead atoms. The number of carbonyl (C=O) groups excluding carboxylic acids is 2. The Labute approximate surface area is 181 Å². The molecular weight excluding hydrogens is 485 g/mol. The number of benzene rings is 2. The maximum Gasteiger partial charge on any atom is 0.339 e. The third kappa shape index (κ3) is 4.26. The first-order chi connectivity index (χ1) is 13.8. The zero-order chi connectivity index (χ0) is 21.1. The molecule has 0 aliphatic rings. The van der Waals surface area contributed by atoms with Crippen molar-refractivity contribution in [1.82, 2.24) is 9.36 Å². The maximum atomic E-state index is 12.9. The van der Waals surface area contributed by atoms with Crippen molar-refractivity contribution in [2.75, 3.05) is 5.32 Å². The van der Waals surface area contributed by atoms with Crippen LogP contribution in [-0.2, 0) is 16.6 Å². The number of anilines is 1. The van der Waals surface area contributed by atoms with Crippen LogP contribution in [-0.4, -0.2) is 27.3 Å². The first-order valence-corrected chi connectivity index (χ1v) is 9.99. The number of rotatable bonds is 5. The molecule has 0 saturated carbocycles. The summed E-state index contributed by atoms with van der Waals surface area (Å²) in [5.41, 5.74) is 1.44. The van der Waals surface area contributed by atoms with Crippen LogP contribution in [0.15, 0.2) is 59.4 Å². The molecule has 150 valence electrons. The minimum atomic E-state index is -1.07. The van der Waals surface area contributed by atoms with Gasteiger partial charge in [-0.15, -0.1) is 0 Å². The fourth-order valence-electron chi connectivity index (χ4n) is 2.84. The number of nitrogens with one attached hydrogen (secondary N) is 1. The fraction of sp³-hybridized carbons (Fsp3) is 0.190. The summed E-state index contributed by atoms with van der Waals surface area (Å²) >= 11 is 2.03. The highest BCUT2D eigenvalue weighted by Gasteiger charge is 2.24. The van der Waals surface area contributed by atoms with Crippen LogP contribution in [0.5, 0.6) is 0 Å². The molecule has 7 nitrogen and oxygen atoms in total. The van der Waals surface area contributed by atoms with E-state index >= 15 is 0 Å². The summed E-state index contributed by atoms with van der Waals surface area (Å²) in [6.45, 7) is 3.20. The van der Waals surface area contributed by atoms with E-state index < -0.39 is 18.0 Å². The Morgan fingerprint density at radius 3 is 2.34 bits per heavy atom. The van der Waals surface area contributed by atoms with Crippen LogP contribution >= 0.6 is 22.6 Å². The number of nitrogens with zero attached hydrogens (tertiary/aromatic N) is 2. The molecule has 1 unspecified atom stereocenters. The average molecular weight is 505 g/mol. The Morgan fingerprint density at radius 1 is 1.07 bits per heavy atom. The summed E-state index contributed by atoms with van der Waals surface area (Å²) in [6.07, 6.45) is -1.07. The molecule has 1 N–H and O–H groups in total. The van der Waals surface area contributed by atoms with Crippen LogP contribution in [0.3, 0.4) is 0 Å². The van der Waals surface area contributed by atoms with Gasteiger partial charge in [0.2, 0.25) is 0 Å². The van der Waals surface area contributed by atoms with Crippen molar-refractivity contribution < 1.29 is 14.3 Å². The molecule has 3 aromatic rings. The van der Waals surface area contributed by atoms with E-state index in [1.165, 1.54) is 11.6 Å². The summed E-state index contributed by atoms with van der Waals surface area (Å²) in [5.74, 6) is -1.17. The first kappa shape index (κ1) is 20.8. The van der Waals surface area contributed by atoms with E-state index in [9.17, 15) is 14.4 Å². The van der Waals surface area contributed by atoms with Gasteiger partial charge in [-0.2, -0.15) is 0 Å². The monoisotopic (exact) mass is 505 g/mol. The number of amides is 1. The summed E-state index contributed by atoms with van der Waals surface area (Å²) in [5, 5.41) is 2.61. The summed E-state index contributed by atoms with van der Waals surface area (Å²) < 4.78 is 9.14. The van der Waals surface area contributed by atoms with E-state index in [1.807, 2.05) is 46.9 Å². The fourth-order valence-corrected chi connectivity index (χ4v) is 3.45. The molecule has 0 spiro atoms. The SMILES string of the molecule is Cc1c(NC(=O)C(C)OC(=O)c2ccccc2I)c(=O)n(-c2ccccc2)n1C. The van der Waals surface area contributed by atoms with E-state index in [2.05, 4.69) is 5.32 Å². The van der Waals surface area contributed by atoms with E-state index in [1.54, 1.807) is 49.0 Å². The predicted molar refractivity (Wildman–Crippen MR) is 118 cm³/mol. The average Bonchev–Trinajstić information content (AvgIpc) is 2.92. The van der Waals surface area contributed by atoms with Crippen molar-refractivity contribution in [1.29, 1.82) is 0 Å². The summed E-state index contributed by atoms with van der Waals surface area (Å²) in [4.78, 5) is 37.8. The molecule has 2 aromatic carbocycles. The quantitative estimate of drug-likeness (QED) is 0.427. The van der Waals surface area contributed by atoms with Crippen LogP contribution in [0.25, 0.3) is 5.69 Å². The predicted octanol–water partition coefficient (Wildman–Crippen LogP) is 3.27. The number of carbonyl (C=O) groups is 2. The van der Waals surface area contributed by atoms with Gasteiger partial charge in [-0.25, -0.2) is 9.48 Å². The Morgan fingerprint density at radius 2 is 1.69 bits per heavy atom. The molecule has 0 aliphatic carbocycles. The van der Waals surface area contributed by atoms with Crippen molar-refractivity contribution in [3.63, 3.8) is 0 Å². The topological polar surface area (TPSA) is 82.3 Å². The molecule has 1 amide bonds. The molecule has 0 radical (unpaired) electrons. The second-order valence-electron chi connectivity index (χ2n) is 6.45. The standard InChI is InChI=1S/C21H20IN3O4/c1-13-18(20(27)25(24(13)3)15-9-5-4-6-10-15)23-19(26)14(2)29-21(28)16-11-7-8-12-17(16)22/h4-12,14H,1-3H3,(H,23,26). The molecular formula is C21H20IN3O4. The number of ether oxygens (including phenoxy) is 1. The Kier molecular flexibility index (Phi) is 6.21. The van der Waals surface area contributed by atoms with E-state index in [4.69, 9.17) is 4.74 Å². The van der Waals surface area contributed by atoms with Gasteiger partial charge in [-0.1, -0.05) is 30.3 Å². The van der Waals surface area contributed by atoms with E-state index in [-0.39, 0.29) is 11.2 Å². The molecule has 1 heterocycles. The van der Waals surface area contributed by atoms with Crippen molar-refractivity contribution >= 4 is 40.2 Å². The zero-order valence-corrected chi connectivity index (χ0v) is 18.3. The summed E-state index contributed by atoms with van der Waals surface area (Å²) in [7, 11) is 1.74. The van der Waals surface area contributed by atoms with E-state index in [0.29, 0.717) is 16.9 Å². The third-order valence-corrected chi connectivity index (χ3v) is 5.49. The van der Waals surface area contributed by atoms with Crippen molar-refractivity contribution in [2.24, 2.45) is 7.05 Å². The maximum absolute atomic E-state index is 12.9. The molecule has 0 fully saturated rings. The van der Waals surface area contributed by atoms with Gasteiger partial charge >= 0.3 is 5.97 Å². The lowest BCUT2D eigenvalue weighted by Gasteiger charge is -2.13. The normalized spacial score (nSPS) is 11.7. The van der Waals surface area contributed by atoms with Crippen LogP contribution in [0, 0.1) is 10.5 Å². The van der Waals surface area contributed by atoms with Crippen LogP contribution in [0.1, 0.15) is 23.0 Å². The van der Waals surface area contributed by atoms with Gasteiger partial charge in [0.25, 0.3) is 11.5 Å². The molecule has 8 heteroatoms. The Balaban J connectivity index is 1.80. The number of para-hydroxylation sites is 1. The third-order valence-electron chi connectivity index (χ3n) is 4.55. The number of esters is 1. The molecule has 0 saturated heterocycles. The van der Waals surface area contributed by atoms with Gasteiger partial charge < -0.3 is 10.1 Å². The molecule has 1 aromatic heterocycles. The van der Waals surface area contributed by atoms with Gasteiger partial charge in [0.05, 0.1) is 16.9 Å². The Bertz CT molecular complexity index is 1120. The molecule has 29 heavy (non-hydrogen) atoms. The van der Waals surface area contributed by atoms with Gasteiger partial charge in [-0.05, 0) is 60.7 Å². The van der Waals surface area contributed by atoms with Crippen LogP contribution in [0.2, 0.25) is 0 Å². The first-order valence-electron chi connectivity index (χ1n) is 8.91. The van der Waals surface area contributed by atoms with Crippen molar-refractivity contribution in [3.05, 3.63) is 79.8 Å². The Hall–Kier alpha value is -2.88. The highest BCUT2D eigenvalue weighted by atomic mass is 127. The van der Waals surface area contributed by atoms with Gasteiger partial charge in [-0.3, -0.25) is 14.3 Å². The second kappa shape index (κ2) is 8.64. The lowest BCUT2D eigenvalue weighted by atomic mass is 10.2. The minimum absolute atomic E-state index is 0.151. The molecule has 1 atom stereocenters. The van der Waals surface area contributed by atoms with E-state index in [0.717, 1.165) is 3.57 Å². The highest BCUT2D eigenvalue weighted by Crippen LogP contribution is 2.16. The van der Waals surface area contributed by atoms with Crippen LogP contribution in [0.4, 0.5) is 5.69 Å². The number of hydrogen-bond acceptors (Lipinski definition) is 4. The minimum Gasteiger partial charge on any atom is -0.449 e. The van der Waals surface area contributed by atoms with Gasteiger partial charge in [0.1, 0.15) is 5.69 Å². The van der Waals surface area contributed by atoms with Gasteiger partial charge in [0.15, 0.2) is 6.10 Å². The number of halogens is 1. The lowest BCUT2D eigenvalue weighted by molar-refractivity contribution is -0.123. The lowest BCUT2D eigenvalue weighted by Crippen LogP contribution is -2.32. The molecule has 3 rings (SSSR count). The summed E-state index contributed by atoms with van der Waals surface area (Å²) in [6, 6.07) is 16.1. The molecule has 0 aliphatic heterocycles.